The lowest BCUT2D eigenvalue weighted by Crippen LogP contribution is -2.34. The Labute approximate surface area is 149 Å². The molecule has 0 aliphatic carbocycles. The van der Waals surface area contributed by atoms with Crippen LogP contribution in [0.4, 0.5) is 17.3 Å². The van der Waals surface area contributed by atoms with Gasteiger partial charge in [0.15, 0.2) is 23.1 Å². The van der Waals surface area contributed by atoms with Gasteiger partial charge in [-0.1, -0.05) is 6.92 Å². The molecular formula is C17H18N6O3. The second kappa shape index (κ2) is 6.01. The number of fused-ring (bicyclic) bond motifs is 2. The normalized spacial score (nSPS) is 17.0. The van der Waals surface area contributed by atoms with Crippen LogP contribution in [0.3, 0.4) is 0 Å². The van der Waals surface area contributed by atoms with E-state index in [4.69, 9.17) is 14.1 Å². The molecule has 2 aromatic heterocycles. The molecular weight excluding hydrogens is 336 g/mol. The summed E-state index contributed by atoms with van der Waals surface area (Å²) in [7, 11) is 0. The van der Waals surface area contributed by atoms with Gasteiger partial charge in [0.2, 0.25) is 18.1 Å². The molecule has 3 aromatic rings. The second-order valence-corrected chi connectivity index (χ2v) is 6.67. The molecule has 0 atom stereocenters. The van der Waals surface area contributed by atoms with Crippen LogP contribution in [0.25, 0.3) is 11.3 Å². The van der Waals surface area contributed by atoms with Crippen LogP contribution in [-0.4, -0.2) is 40.2 Å². The van der Waals surface area contributed by atoms with Crippen LogP contribution in [-0.2, 0) is 0 Å². The Morgan fingerprint density at radius 1 is 1.04 bits per heavy atom. The van der Waals surface area contributed by atoms with E-state index in [-0.39, 0.29) is 6.79 Å². The van der Waals surface area contributed by atoms with Crippen LogP contribution in [0, 0.1) is 5.92 Å². The van der Waals surface area contributed by atoms with E-state index < -0.39 is 0 Å². The van der Waals surface area contributed by atoms with E-state index in [2.05, 4.69) is 37.4 Å². The van der Waals surface area contributed by atoms with Crippen LogP contribution >= 0.6 is 0 Å². The highest BCUT2D eigenvalue weighted by atomic mass is 16.7. The van der Waals surface area contributed by atoms with Gasteiger partial charge >= 0.3 is 0 Å². The molecule has 0 amide bonds. The van der Waals surface area contributed by atoms with Gasteiger partial charge in [-0.05, 0) is 41.2 Å². The Morgan fingerprint density at radius 3 is 2.65 bits per heavy atom. The molecule has 134 valence electrons. The first-order valence-corrected chi connectivity index (χ1v) is 8.68. The van der Waals surface area contributed by atoms with Gasteiger partial charge in [-0.3, -0.25) is 0 Å². The maximum Gasteiger partial charge on any atom is 0.245 e. The number of nitrogens with one attached hydrogen (secondary N) is 1. The van der Waals surface area contributed by atoms with Crippen molar-refractivity contribution in [2.75, 3.05) is 30.1 Å². The second-order valence-electron chi connectivity index (χ2n) is 6.67. The molecule has 0 spiro atoms. The lowest BCUT2D eigenvalue weighted by atomic mass is 9.99. The van der Waals surface area contributed by atoms with Crippen molar-refractivity contribution in [1.82, 2.24) is 20.3 Å². The van der Waals surface area contributed by atoms with E-state index in [1.165, 1.54) is 0 Å². The van der Waals surface area contributed by atoms with Gasteiger partial charge in [-0.25, -0.2) is 14.6 Å². The summed E-state index contributed by atoms with van der Waals surface area (Å²) in [4.78, 5) is 11.4. The van der Waals surface area contributed by atoms with Crippen molar-refractivity contribution in [2.24, 2.45) is 5.92 Å². The molecule has 9 heteroatoms. The summed E-state index contributed by atoms with van der Waals surface area (Å²) in [6.07, 6.45) is 2.25. The van der Waals surface area contributed by atoms with Crippen molar-refractivity contribution >= 4 is 28.6 Å². The van der Waals surface area contributed by atoms with Crippen LogP contribution in [0.15, 0.2) is 22.8 Å². The number of nitrogens with zero attached hydrogens (tertiary/aromatic N) is 5. The topological polar surface area (TPSA) is 98.4 Å². The molecule has 1 aromatic carbocycles. The molecule has 9 nitrogen and oxygen atoms in total. The molecule has 4 heterocycles. The molecule has 0 radical (unpaired) electrons. The summed E-state index contributed by atoms with van der Waals surface area (Å²) in [5.41, 5.74) is 1.63. The largest absolute Gasteiger partial charge is 0.454 e. The minimum atomic E-state index is 0.242. The first-order valence-electron chi connectivity index (χ1n) is 8.68. The Kier molecular flexibility index (Phi) is 3.51. The number of rotatable bonds is 3. The first kappa shape index (κ1) is 15.2. The molecule has 2 aliphatic rings. The van der Waals surface area contributed by atoms with Crippen LogP contribution < -0.4 is 19.7 Å². The van der Waals surface area contributed by atoms with Crippen molar-refractivity contribution in [2.45, 2.75) is 19.8 Å². The number of ether oxygens (including phenoxy) is 2. The highest BCUT2D eigenvalue weighted by Crippen LogP contribution is 2.36. The zero-order valence-corrected chi connectivity index (χ0v) is 14.3. The number of hydrogen-bond donors (Lipinski definition) is 1. The average Bonchev–Trinajstić information content (AvgIpc) is 3.30. The summed E-state index contributed by atoms with van der Waals surface area (Å²) in [6, 6.07) is 5.68. The van der Waals surface area contributed by atoms with Gasteiger partial charge in [-0.2, -0.15) is 0 Å². The summed E-state index contributed by atoms with van der Waals surface area (Å²) in [6.45, 7) is 4.39. The van der Waals surface area contributed by atoms with E-state index in [0.29, 0.717) is 22.9 Å². The van der Waals surface area contributed by atoms with E-state index >= 15 is 0 Å². The van der Waals surface area contributed by atoms with Crippen molar-refractivity contribution in [3.05, 3.63) is 18.2 Å². The standard InChI is InChI=1S/C17H18N6O3/c1-10-4-6-23(7-5-10)17-16(19-14-15(20-17)22-26-21-14)18-11-2-3-12-13(8-11)25-9-24-12/h2-3,8,10H,4-7,9H2,1H3,(H,18,19,21). The molecule has 1 N–H and O–H groups in total. The maximum absolute atomic E-state index is 5.45. The molecule has 1 saturated heterocycles. The predicted octanol–water partition coefficient (Wildman–Crippen LogP) is 2.72. The van der Waals surface area contributed by atoms with E-state index in [0.717, 1.165) is 49.1 Å². The molecule has 0 unspecified atom stereocenters. The summed E-state index contributed by atoms with van der Waals surface area (Å²) >= 11 is 0. The number of hydrogen-bond acceptors (Lipinski definition) is 9. The number of aromatic nitrogens is 4. The van der Waals surface area contributed by atoms with Crippen LogP contribution in [0.1, 0.15) is 19.8 Å². The minimum Gasteiger partial charge on any atom is -0.454 e. The average molecular weight is 354 g/mol. The zero-order chi connectivity index (χ0) is 17.5. The van der Waals surface area contributed by atoms with Gasteiger partial charge in [0.05, 0.1) is 0 Å². The summed E-state index contributed by atoms with van der Waals surface area (Å²) < 4.78 is 15.6. The van der Waals surface area contributed by atoms with Crippen molar-refractivity contribution in [3.8, 4) is 11.5 Å². The van der Waals surface area contributed by atoms with Gasteiger partial charge in [-0.15, -0.1) is 0 Å². The molecule has 0 bridgehead atoms. The molecule has 5 rings (SSSR count). The summed E-state index contributed by atoms with van der Waals surface area (Å²) in [5.74, 6) is 3.56. The maximum atomic E-state index is 5.45. The monoisotopic (exact) mass is 354 g/mol. The third kappa shape index (κ3) is 2.65. The Balaban J connectivity index is 1.51. The molecule has 26 heavy (non-hydrogen) atoms. The highest BCUT2D eigenvalue weighted by Gasteiger charge is 2.23. The smallest absolute Gasteiger partial charge is 0.245 e. The zero-order valence-electron chi connectivity index (χ0n) is 14.3. The SMILES string of the molecule is CC1CCN(c2nc3nonc3nc2Nc2ccc3c(c2)OCO3)CC1. The van der Waals surface area contributed by atoms with Crippen molar-refractivity contribution in [3.63, 3.8) is 0 Å². The minimum absolute atomic E-state index is 0.242. The predicted molar refractivity (Wildman–Crippen MR) is 93.9 cm³/mol. The van der Waals surface area contributed by atoms with Crippen LogP contribution in [0.2, 0.25) is 0 Å². The number of benzene rings is 1. The number of piperidine rings is 1. The van der Waals surface area contributed by atoms with E-state index in [9.17, 15) is 0 Å². The summed E-state index contributed by atoms with van der Waals surface area (Å²) in [5, 5.41) is 11.0. The van der Waals surface area contributed by atoms with Gasteiger partial charge in [0.25, 0.3) is 0 Å². The fraction of sp³-hybridized carbons (Fsp3) is 0.412. The third-order valence-electron chi connectivity index (χ3n) is 4.81. The fourth-order valence-electron chi connectivity index (χ4n) is 3.27. The number of anilines is 3. The molecule has 0 saturated carbocycles. The third-order valence-corrected chi connectivity index (χ3v) is 4.81. The van der Waals surface area contributed by atoms with Gasteiger partial charge in [0.1, 0.15) is 0 Å². The van der Waals surface area contributed by atoms with E-state index in [1.54, 1.807) is 0 Å². The highest BCUT2D eigenvalue weighted by molar-refractivity contribution is 5.77. The lowest BCUT2D eigenvalue weighted by molar-refractivity contribution is 0.174. The fourth-order valence-corrected chi connectivity index (χ4v) is 3.27. The Hall–Kier alpha value is -3.10. The lowest BCUT2D eigenvalue weighted by Gasteiger charge is -2.31. The van der Waals surface area contributed by atoms with E-state index in [1.807, 2.05) is 18.2 Å². The molecule has 2 aliphatic heterocycles. The first-order chi connectivity index (χ1) is 12.8. The van der Waals surface area contributed by atoms with Gasteiger partial charge < -0.3 is 19.7 Å². The quantitative estimate of drug-likeness (QED) is 0.761. The molecule has 1 fully saturated rings. The van der Waals surface area contributed by atoms with Gasteiger partial charge in [0, 0.05) is 24.8 Å². The Morgan fingerprint density at radius 2 is 1.81 bits per heavy atom. The van der Waals surface area contributed by atoms with Crippen molar-refractivity contribution in [1.29, 1.82) is 0 Å². The van der Waals surface area contributed by atoms with Crippen LogP contribution in [0.5, 0.6) is 11.5 Å². The van der Waals surface area contributed by atoms with Crippen molar-refractivity contribution < 1.29 is 14.1 Å². The Bertz CT molecular complexity index is 951.